The van der Waals surface area contributed by atoms with Crippen molar-refractivity contribution in [2.45, 2.75) is 70.3 Å². The average Bonchev–Trinajstić information content (AvgIpc) is 2.69. The molecule has 0 unspecified atom stereocenters. The number of likely N-dealkylation sites (N-methyl/N-ethyl adjacent to an activating group) is 1. The van der Waals surface area contributed by atoms with Crippen molar-refractivity contribution in [1.82, 2.24) is 4.90 Å². The fourth-order valence-corrected chi connectivity index (χ4v) is 3.00. The normalized spacial score (nSPS) is 34.2. The fraction of sp³-hybridized carbons (Fsp3) is 0.933. The lowest BCUT2D eigenvalue weighted by atomic mass is 9.87. The Kier molecular flexibility index (Phi) is 4.30. The minimum atomic E-state index is -0.463. The number of rotatable bonds is 1. The van der Waals surface area contributed by atoms with Gasteiger partial charge >= 0.3 is 6.09 Å². The van der Waals surface area contributed by atoms with E-state index in [1.54, 1.807) is 11.9 Å². The molecule has 2 saturated heterocycles. The largest absolute Gasteiger partial charge is 0.444 e. The quantitative estimate of drug-likeness (QED) is 0.743. The minimum Gasteiger partial charge on any atom is -0.444 e. The Labute approximate surface area is 121 Å². The van der Waals surface area contributed by atoms with Crippen molar-refractivity contribution in [2.24, 2.45) is 0 Å². The van der Waals surface area contributed by atoms with Gasteiger partial charge < -0.3 is 19.1 Å². The highest BCUT2D eigenvalue weighted by atomic mass is 16.6. The van der Waals surface area contributed by atoms with Crippen LogP contribution in [-0.2, 0) is 14.2 Å². The number of carbonyl (C=O) groups is 1. The van der Waals surface area contributed by atoms with Crippen LogP contribution in [0.4, 0.5) is 4.79 Å². The maximum Gasteiger partial charge on any atom is 0.410 e. The van der Waals surface area contributed by atoms with E-state index in [2.05, 4.69) is 6.92 Å². The predicted octanol–water partition coefficient (Wildman–Crippen LogP) is 2.58. The lowest BCUT2D eigenvalue weighted by Crippen LogP contribution is -2.43. The van der Waals surface area contributed by atoms with Crippen molar-refractivity contribution < 1.29 is 19.0 Å². The van der Waals surface area contributed by atoms with Crippen molar-refractivity contribution in [1.29, 1.82) is 0 Å². The maximum atomic E-state index is 12.1. The van der Waals surface area contributed by atoms with Gasteiger partial charge in [0.15, 0.2) is 0 Å². The lowest BCUT2D eigenvalue weighted by molar-refractivity contribution is -0.107. The summed E-state index contributed by atoms with van der Waals surface area (Å²) in [5.41, 5.74) is -0.575. The molecule has 0 N–H and O–H groups in total. The Hall–Kier alpha value is -0.810. The zero-order chi connectivity index (χ0) is 15.0. The molecule has 0 aromatic rings. The molecule has 116 valence electrons. The molecule has 2 heterocycles. The van der Waals surface area contributed by atoms with Crippen LogP contribution < -0.4 is 0 Å². The monoisotopic (exact) mass is 285 g/mol. The summed E-state index contributed by atoms with van der Waals surface area (Å²) in [6.07, 6.45) is 2.65. The van der Waals surface area contributed by atoms with Crippen LogP contribution in [0.5, 0.6) is 0 Å². The van der Waals surface area contributed by atoms with Crippen LogP contribution in [0.3, 0.4) is 0 Å². The first kappa shape index (κ1) is 15.6. The molecule has 2 rings (SSSR count). The molecule has 0 radical (unpaired) electrons. The van der Waals surface area contributed by atoms with E-state index in [1.165, 1.54) is 0 Å². The number of amides is 1. The highest BCUT2D eigenvalue weighted by molar-refractivity contribution is 5.68. The summed E-state index contributed by atoms with van der Waals surface area (Å²) in [6, 6.07) is 0.0927. The van der Waals surface area contributed by atoms with Crippen LogP contribution in [0.1, 0.15) is 47.0 Å². The van der Waals surface area contributed by atoms with Crippen LogP contribution in [-0.4, -0.2) is 54.6 Å². The third-order valence-corrected chi connectivity index (χ3v) is 4.04. The zero-order valence-corrected chi connectivity index (χ0v) is 13.3. The van der Waals surface area contributed by atoms with Gasteiger partial charge in [-0.3, -0.25) is 0 Å². The molecule has 0 aromatic heterocycles. The molecular formula is C15H27NO4. The van der Waals surface area contributed by atoms with E-state index in [0.29, 0.717) is 6.61 Å². The Bertz CT molecular complexity index is 365. The fourth-order valence-electron chi connectivity index (χ4n) is 3.00. The third kappa shape index (κ3) is 3.64. The number of hydrogen-bond acceptors (Lipinski definition) is 4. The maximum absolute atomic E-state index is 12.1. The van der Waals surface area contributed by atoms with E-state index < -0.39 is 5.60 Å². The second-order valence-corrected chi connectivity index (χ2v) is 7.08. The summed E-state index contributed by atoms with van der Waals surface area (Å²) in [5.74, 6) is 0. The molecule has 5 nitrogen and oxygen atoms in total. The molecular weight excluding hydrogens is 258 g/mol. The standard InChI is InChI=1S/C15H27NO4/c1-11-8-15(6-7-18-11)9-12(10-19-15)16(5)13(17)20-14(2,3)4/h11-12H,6-10H2,1-5H3/t11-,12+,15+/m1/s1. The molecule has 1 spiro atoms. The first-order chi connectivity index (χ1) is 9.21. The Morgan fingerprint density at radius 1 is 1.35 bits per heavy atom. The van der Waals surface area contributed by atoms with E-state index in [-0.39, 0.29) is 23.8 Å². The molecule has 20 heavy (non-hydrogen) atoms. The Morgan fingerprint density at radius 3 is 2.65 bits per heavy atom. The van der Waals surface area contributed by atoms with Gasteiger partial charge in [-0.2, -0.15) is 0 Å². The summed E-state index contributed by atoms with van der Waals surface area (Å²) in [4.78, 5) is 13.8. The molecule has 5 heteroatoms. The first-order valence-electron chi connectivity index (χ1n) is 7.42. The smallest absolute Gasteiger partial charge is 0.410 e. The van der Waals surface area contributed by atoms with Crippen LogP contribution in [0.15, 0.2) is 0 Å². The summed E-state index contributed by atoms with van der Waals surface area (Å²) in [5, 5.41) is 0. The van der Waals surface area contributed by atoms with Crippen molar-refractivity contribution in [2.75, 3.05) is 20.3 Å². The topological polar surface area (TPSA) is 48.0 Å². The molecule has 0 aromatic carbocycles. The molecule has 3 atom stereocenters. The van der Waals surface area contributed by atoms with E-state index in [9.17, 15) is 4.79 Å². The van der Waals surface area contributed by atoms with Gasteiger partial charge in [0.25, 0.3) is 0 Å². The van der Waals surface area contributed by atoms with Gasteiger partial charge in [-0.05, 0) is 40.5 Å². The van der Waals surface area contributed by atoms with Crippen LogP contribution in [0, 0.1) is 0 Å². The zero-order valence-electron chi connectivity index (χ0n) is 13.3. The molecule has 0 saturated carbocycles. The summed E-state index contributed by atoms with van der Waals surface area (Å²) in [7, 11) is 1.80. The van der Waals surface area contributed by atoms with Crippen molar-refractivity contribution in [3.05, 3.63) is 0 Å². The van der Waals surface area contributed by atoms with E-state index in [1.807, 2.05) is 20.8 Å². The number of ether oxygens (including phenoxy) is 3. The SMILES string of the molecule is C[C@@H]1C[C@@]2(CCO1)C[C@H](N(C)C(=O)OC(C)(C)C)CO2. The molecule has 1 amide bonds. The van der Waals surface area contributed by atoms with Crippen molar-refractivity contribution in [3.8, 4) is 0 Å². The predicted molar refractivity (Wildman–Crippen MR) is 75.7 cm³/mol. The number of nitrogens with zero attached hydrogens (tertiary/aromatic N) is 1. The Balaban J connectivity index is 1.93. The van der Waals surface area contributed by atoms with Crippen LogP contribution in [0.25, 0.3) is 0 Å². The number of hydrogen-bond donors (Lipinski definition) is 0. The van der Waals surface area contributed by atoms with Crippen molar-refractivity contribution in [3.63, 3.8) is 0 Å². The molecule has 2 aliphatic rings. The first-order valence-corrected chi connectivity index (χ1v) is 7.42. The summed E-state index contributed by atoms with van der Waals surface area (Å²) >= 11 is 0. The molecule has 0 aliphatic carbocycles. The molecule has 2 fully saturated rings. The second-order valence-electron chi connectivity index (χ2n) is 7.08. The Morgan fingerprint density at radius 2 is 2.05 bits per heavy atom. The molecule has 0 bridgehead atoms. The number of carbonyl (C=O) groups excluding carboxylic acids is 1. The van der Waals surface area contributed by atoms with Gasteiger partial charge in [-0.25, -0.2) is 4.79 Å². The van der Waals surface area contributed by atoms with Crippen LogP contribution >= 0.6 is 0 Å². The van der Waals surface area contributed by atoms with Gasteiger partial charge in [0, 0.05) is 20.1 Å². The average molecular weight is 285 g/mol. The second kappa shape index (κ2) is 5.53. The highest BCUT2D eigenvalue weighted by Gasteiger charge is 2.45. The van der Waals surface area contributed by atoms with Gasteiger partial charge in [-0.15, -0.1) is 0 Å². The van der Waals surface area contributed by atoms with E-state index in [0.717, 1.165) is 25.9 Å². The molecule has 2 aliphatic heterocycles. The minimum absolute atomic E-state index is 0.0927. The van der Waals surface area contributed by atoms with E-state index in [4.69, 9.17) is 14.2 Å². The van der Waals surface area contributed by atoms with Gasteiger partial charge in [-0.1, -0.05) is 0 Å². The lowest BCUT2D eigenvalue weighted by Gasteiger charge is -2.36. The summed E-state index contributed by atoms with van der Waals surface area (Å²) < 4.78 is 17.0. The van der Waals surface area contributed by atoms with Gasteiger partial charge in [0.05, 0.1) is 24.4 Å². The van der Waals surface area contributed by atoms with Gasteiger partial charge in [0.1, 0.15) is 5.60 Å². The van der Waals surface area contributed by atoms with Gasteiger partial charge in [0.2, 0.25) is 0 Å². The van der Waals surface area contributed by atoms with E-state index >= 15 is 0 Å². The third-order valence-electron chi connectivity index (χ3n) is 4.04. The summed E-state index contributed by atoms with van der Waals surface area (Å²) in [6.45, 7) is 9.05. The van der Waals surface area contributed by atoms with Crippen LogP contribution in [0.2, 0.25) is 0 Å². The van der Waals surface area contributed by atoms with Crippen molar-refractivity contribution >= 4 is 6.09 Å². The highest BCUT2D eigenvalue weighted by Crippen LogP contribution is 2.38.